The molecule has 0 saturated carbocycles. The van der Waals surface area contributed by atoms with Crippen LogP contribution < -0.4 is 4.72 Å². The predicted molar refractivity (Wildman–Crippen MR) is 74.1 cm³/mol. The average Bonchev–Trinajstić information content (AvgIpc) is 2.47. The lowest BCUT2D eigenvalue weighted by molar-refractivity contribution is 0.566. The summed E-state index contributed by atoms with van der Waals surface area (Å²) >= 11 is 0. The zero-order chi connectivity index (χ0) is 14.6. The van der Waals surface area contributed by atoms with E-state index in [1.165, 1.54) is 18.3 Å². The standard InChI is InChI=1S/C14H13N3O2S/c1-11(12-6-3-2-4-7-12)17-20(18,19)14-8-5-9-16-13(14)10-15/h2-9,11,17H,1H3/t11-/m1/s1. The van der Waals surface area contributed by atoms with E-state index in [9.17, 15) is 8.42 Å². The number of nitriles is 1. The van der Waals surface area contributed by atoms with Crippen LogP contribution in [0.25, 0.3) is 0 Å². The molecule has 0 aliphatic heterocycles. The van der Waals surface area contributed by atoms with Gasteiger partial charge in [-0.2, -0.15) is 5.26 Å². The fraction of sp³-hybridized carbons (Fsp3) is 0.143. The van der Waals surface area contributed by atoms with Crippen molar-refractivity contribution >= 4 is 10.0 Å². The fourth-order valence-corrected chi connectivity index (χ4v) is 3.14. The van der Waals surface area contributed by atoms with Gasteiger partial charge in [0.2, 0.25) is 10.0 Å². The smallest absolute Gasteiger partial charge is 0.244 e. The lowest BCUT2D eigenvalue weighted by atomic mass is 10.1. The molecule has 0 bridgehead atoms. The summed E-state index contributed by atoms with van der Waals surface area (Å²) in [4.78, 5) is 3.66. The molecule has 20 heavy (non-hydrogen) atoms. The molecule has 0 aliphatic carbocycles. The summed E-state index contributed by atoms with van der Waals surface area (Å²) in [5.74, 6) is 0. The molecular weight excluding hydrogens is 274 g/mol. The van der Waals surface area contributed by atoms with Crippen molar-refractivity contribution < 1.29 is 8.42 Å². The van der Waals surface area contributed by atoms with Gasteiger partial charge >= 0.3 is 0 Å². The Hall–Kier alpha value is -2.23. The highest BCUT2D eigenvalue weighted by Gasteiger charge is 2.22. The van der Waals surface area contributed by atoms with Gasteiger partial charge in [0.25, 0.3) is 0 Å². The van der Waals surface area contributed by atoms with E-state index in [-0.39, 0.29) is 10.6 Å². The quantitative estimate of drug-likeness (QED) is 0.932. The van der Waals surface area contributed by atoms with Crippen LogP contribution in [0, 0.1) is 11.3 Å². The molecule has 2 rings (SSSR count). The molecule has 1 N–H and O–H groups in total. The molecule has 0 saturated heterocycles. The summed E-state index contributed by atoms with van der Waals surface area (Å²) in [6.45, 7) is 1.75. The summed E-state index contributed by atoms with van der Waals surface area (Å²) in [7, 11) is -3.79. The first-order chi connectivity index (χ1) is 9.54. The van der Waals surface area contributed by atoms with Crippen LogP contribution in [0.2, 0.25) is 0 Å². The van der Waals surface area contributed by atoms with Gasteiger partial charge in [-0.1, -0.05) is 30.3 Å². The molecule has 102 valence electrons. The topological polar surface area (TPSA) is 82.8 Å². The molecule has 0 fully saturated rings. The number of hydrogen-bond acceptors (Lipinski definition) is 4. The summed E-state index contributed by atoms with van der Waals surface area (Å²) in [5, 5.41) is 8.93. The van der Waals surface area contributed by atoms with Crippen LogP contribution in [0.1, 0.15) is 24.2 Å². The van der Waals surface area contributed by atoms with Gasteiger partial charge in [0.05, 0.1) is 0 Å². The molecule has 1 aromatic heterocycles. The molecule has 0 amide bonds. The first kappa shape index (κ1) is 14.2. The van der Waals surface area contributed by atoms with Crippen molar-refractivity contribution in [2.75, 3.05) is 0 Å². The van der Waals surface area contributed by atoms with Crippen LogP contribution in [-0.2, 0) is 10.0 Å². The van der Waals surface area contributed by atoms with Crippen molar-refractivity contribution in [2.24, 2.45) is 0 Å². The van der Waals surface area contributed by atoms with Gasteiger partial charge in [-0.3, -0.25) is 0 Å². The highest BCUT2D eigenvalue weighted by atomic mass is 32.2. The van der Waals surface area contributed by atoms with E-state index >= 15 is 0 Å². The minimum absolute atomic E-state index is 0.106. The Balaban J connectivity index is 2.31. The van der Waals surface area contributed by atoms with Gasteiger partial charge < -0.3 is 0 Å². The summed E-state index contributed by atoms with van der Waals surface area (Å²) in [6.07, 6.45) is 1.39. The number of aromatic nitrogens is 1. The highest BCUT2D eigenvalue weighted by molar-refractivity contribution is 7.89. The van der Waals surface area contributed by atoms with Crippen molar-refractivity contribution in [1.82, 2.24) is 9.71 Å². The zero-order valence-corrected chi connectivity index (χ0v) is 11.6. The fourth-order valence-electron chi connectivity index (χ4n) is 1.80. The van der Waals surface area contributed by atoms with E-state index in [1.807, 2.05) is 30.3 Å². The molecule has 1 heterocycles. The van der Waals surface area contributed by atoms with Crippen LogP contribution in [0.3, 0.4) is 0 Å². The Bertz CT molecular complexity index is 737. The monoisotopic (exact) mass is 287 g/mol. The normalized spacial score (nSPS) is 12.6. The first-order valence-electron chi connectivity index (χ1n) is 5.97. The molecule has 0 spiro atoms. The highest BCUT2D eigenvalue weighted by Crippen LogP contribution is 2.18. The largest absolute Gasteiger partial charge is 0.244 e. The Labute approximate surface area is 118 Å². The summed E-state index contributed by atoms with van der Waals surface area (Å²) in [6, 6.07) is 13.5. The number of nitrogens with one attached hydrogen (secondary N) is 1. The van der Waals surface area contributed by atoms with Crippen LogP contribution in [0.4, 0.5) is 0 Å². The van der Waals surface area contributed by atoms with Crippen LogP contribution >= 0.6 is 0 Å². The van der Waals surface area contributed by atoms with Crippen molar-refractivity contribution in [3.8, 4) is 6.07 Å². The maximum absolute atomic E-state index is 12.3. The number of nitrogens with zero attached hydrogens (tertiary/aromatic N) is 2. The number of hydrogen-bond donors (Lipinski definition) is 1. The third-order valence-electron chi connectivity index (χ3n) is 2.80. The Kier molecular flexibility index (Phi) is 4.13. The van der Waals surface area contributed by atoms with Gasteiger partial charge in [0.1, 0.15) is 11.0 Å². The molecule has 0 aliphatic rings. The lowest BCUT2D eigenvalue weighted by Crippen LogP contribution is -2.27. The molecule has 0 unspecified atom stereocenters. The molecular formula is C14H13N3O2S. The summed E-state index contributed by atoms with van der Waals surface area (Å²) in [5.41, 5.74) is 0.735. The Morgan fingerprint density at radius 1 is 1.20 bits per heavy atom. The molecule has 0 radical (unpaired) electrons. The number of pyridine rings is 1. The van der Waals surface area contributed by atoms with E-state index in [1.54, 1.807) is 13.0 Å². The SMILES string of the molecule is C[C@@H](NS(=O)(=O)c1cccnc1C#N)c1ccccc1. The molecule has 1 atom stereocenters. The molecule has 2 aromatic rings. The maximum atomic E-state index is 12.3. The average molecular weight is 287 g/mol. The van der Waals surface area contributed by atoms with Crippen LogP contribution in [0.15, 0.2) is 53.6 Å². The van der Waals surface area contributed by atoms with E-state index in [0.29, 0.717) is 0 Å². The van der Waals surface area contributed by atoms with Crippen molar-refractivity contribution in [1.29, 1.82) is 5.26 Å². The number of benzene rings is 1. The second-order valence-corrected chi connectivity index (χ2v) is 5.90. The number of sulfonamides is 1. The van der Waals surface area contributed by atoms with Gasteiger partial charge in [-0.15, -0.1) is 0 Å². The summed E-state index contributed by atoms with van der Waals surface area (Å²) < 4.78 is 27.1. The second kappa shape index (κ2) is 5.82. The van der Waals surface area contributed by atoms with Crippen molar-refractivity contribution in [3.63, 3.8) is 0 Å². The van der Waals surface area contributed by atoms with Gasteiger partial charge in [-0.05, 0) is 24.6 Å². The van der Waals surface area contributed by atoms with E-state index < -0.39 is 16.1 Å². The van der Waals surface area contributed by atoms with Crippen molar-refractivity contribution in [2.45, 2.75) is 17.9 Å². The molecule has 5 nitrogen and oxygen atoms in total. The Morgan fingerprint density at radius 2 is 1.90 bits per heavy atom. The minimum Gasteiger partial charge on any atom is -0.244 e. The van der Waals surface area contributed by atoms with Gasteiger partial charge in [-0.25, -0.2) is 18.1 Å². The van der Waals surface area contributed by atoms with Gasteiger partial charge in [0.15, 0.2) is 5.69 Å². The van der Waals surface area contributed by atoms with Crippen molar-refractivity contribution in [3.05, 3.63) is 59.9 Å². The van der Waals surface area contributed by atoms with Gasteiger partial charge in [0, 0.05) is 12.2 Å². The predicted octanol–water partition coefficient (Wildman–Crippen LogP) is 1.99. The third kappa shape index (κ3) is 3.02. The van der Waals surface area contributed by atoms with E-state index in [4.69, 9.17) is 5.26 Å². The zero-order valence-electron chi connectivity index (χ0n) is 10.8. The number of rotatable bonds is 4. The van der Waals surface area contributed by atoms with Crippen LogP contribution in [0.5, 0.6) is 0 Å². The first-order valence-corrected chi connectivity index (χ1v) is 7.45. The lowest BCUT2D eigenvalue weighted by Gasteiger charge is -2.14. The maximum Gasteiger partial charge on any atom is 0.244 e. The van der Waals surface area contributed by atoms with E-state index in [2.05, 4.69) is 9.71 Å². The second-order valence-electron chi connectivity index (χ2n) is 4.22. The Morgan fingerprint density at radius 3 is 2.55 bits per heavy atom. The van der Waals surface area contributed by atoms with E-state index in [0.717, 1.165) is 5.56 Å². The van der Waals surface area contributed by atoms with Crippen LogP contribution in [-0.4, -0.2) is 13.4 Å². The third-order valence-corrected chi connectivity index (χ3v) is 4.37. The molecule has 6 heteroatoms. The minimum atomic E-state index is -3.79. The molecule has 1 aromatic carbocycles.